The highest BCUT2D eigenvalue weighted by Crippen LogP contribution is 2.28. The Morgan fingerprint density at radius 2 is 1.83 bits per heavy atom. The molecule has 0 unspecified atom stereocenters. The van der Waals surface area contributed by atoms with E-state index in [1.54, 1.807) is 30.3 Å². The lowest BCUT2D eigenvalue weighted by molar-refractivity contribution is 0.0474. The number of ether oxygens (including phenoxy) is 3. The summed E-state index contributed by atoms with van der Waals surface area (Å²) >= 11 is 3.30. The Morgan fingerprint density at radius 1 is 1.04 bits per heavy atom. The maximum absolute atomic E-state index is 12.1. The highest BCUT2D eigenvalue weighted by molar-refractivity contribution is 9.10. The van der Waals surface area contributed by atoms with Gasteiger partial charge in [-0.3, -0.25) is 4.79 Å². The first-order valence-electron chi connectivity index (χ1n) is 7.32. The van der Waals surface area contributed by atoms with E-state index in [2.05, 4.69) is 15.9 Å². The minimum absolute atomic E-state index is 0.275. The molecule has 0 atom stereocenters. The van der Waals surface area contributed by atoms with Crippen molar-refractivity contribution in [3.63, 3.8) is 0 Å². The number of hydrogen-bond acceptors (Lipinski definition) is 5. The Labute approximate surface area is 148 Å². The third-order valence-electron chi connectivity index (χ3n) is 3.18. The van der Waals surface area contributed by atoms with E-state index in [0.717, 1.165) is 4.47 Å². The number of esters is 1. The van der Waals surface area contributed by atoms with E-state index in [1.165, 1.54) is 13.2 Å². The first kappa shape index (κ1) is 18.0. The van der Waals surface area contributed by atoms with E-state index in [9.17, 15) is 9.59 Å². The van der Waals surface area contributed by atoms with E-state index >= 15 is 0 Å². The van der Waals surface area contributed by atoms with Crippen LogP contribution in [-0.2, 0) is 4.74 Å². The number of carbonyl (C=O) groups excluding carboxylic acids is 2. The summed E-state index contributed by atoms with van der Waals surface area (Å²) < 4.78 is 16.5. The number of ketones is 1. The minimum atomic E-state index is -0.598. The van der Waals surface area contributed by atoms with Crippen LogP contribution in [0, 0.1) is 0 Å². The van der Waals surface area contributed by atoms with Crippen molar-refractivity contribution in [3.8, 4) is 11.5 Å². The fraction of sp³-hybridized carbons (Fsp3) is 0.222. The molecule has 0 bridgehead atoms. The van der Waals surface area contributed by atoms with Crippen molar-refractivity contribution in [2.24, 2.45) is 0 Å². The zero-order valence-electron chi connectivity index (χ0n) is 13.4. The van der Waals surface area contributed by atoms with Gasteiger partial charge in [-0.25, -0.2) is 4.79 Å². The summed E-state index contributed by atoms with van der Waals surface area (Å²) in [6.45, 7) is 2.02. The molecule has 2 aromatic rings. The highest BCUT2D eigenvalue weighted by Gasteiger charge is 2.14. The quantitative estimate of drug-likeness (QED) is 0.528. The van der Waals surface area contributed by atoms with Crippen molar-refractivity contribution in [1.29, 1.82) is 0 Å². The molecule has 0 aliphatic carbocycles. The molecular formula is C18H17BrO5. The summed E-state index contributed by atoms with van der Waals surface area (Å²) in [5, 5.41) is 0. The van der Waals surface area contributed by atoms with Crippen molar-refractivity contribution in [2.75, 3.05) is 20.3 Å². The van der Waals surface area contributed by atoms with Gasteiger partial charge < -0.3 is 14.2 Å². The predicted octanol–water partition coefficient (Wildman–Crippen LogP) is 3.90. The Kier molecular flexibility index (Phi) is 6.37. The Hall–Kier alpha value is -2.34. The molecule has 0 N–H and O–H groups in total. The number of hydrogen-bond donors (Lipinski definition) is 0. The molecule has 0 saturated carbocycles. The average Bonchev–Trinajstić information content (AvgIpc) is 2.60. The normalized spacial score (nSPS) is 10.1. The molecule has 24 heavy (non-hydrogen) atoms. The molecule has 2 aromatic carbocycles. The number of rotatable bonds is 7. The van der Waals surface area contributed by atoms with E-state index in [0.29, 0.717) is 23.7 Å². The van der Waals surface area contributed by atoms with E-state index in [4.69, 9.17) is 14.2 Å². The van der Waals surface area contributed by atoms with Crippen LogP contribution in [0.15, 0.2) is 46.9 Å². The van der Waals surface area contributed by atoms with Crippen molar-refractivity contribution in [2.45, 2.75) is 6.92 Å². The van der Waals surface area contributed by atoms with Gasteiger partial charge in [-0.2, -0.15) is 0 Å². The second kappa shape index (κ2) is 8.49. The maximum Gasteiger partial charge on any atom is 0.338 e. The van der Waals surface area contributed by atoms with Crippen LogP contribution in [0.4, 0.5) is 0 Å². The predicted molar refractivity (Wildman–Crippen MR) is 92.9 cm³/mol. The first-order valence-corrected chi connectivity index (χ1v) is 8.11. The summed E-state index contributed by atoms with van der Waals surface area (Å²) in [5.41, 5.74) is 0.763. The van der Waals surface area contributed by atoms with E-state index in [1.807, 2.05) is 13.0 Å². The largest absolute Gasteiger partial charge is 0.493 e. The molecule has 0 aromatic heterocycles. The third-order valence-corrected chi connectivity index (χ3v) is 3.67. The highest BCUT2D eigenvalue weighted by atomic mass is 79.9. The first-order chi connectivity index (χ1) is 11.5. The minimum Gasteiger partial charge on any atom is -0.493 e. The maximum atomic E-state index is 12.1. The summed E-state index contributed by atoms with van der Waals surface area (Å²) in [6.07, 6.45) is 0. The molecule has 0 spiro atoms. The fourth-order valence-corrected chi connectivity index (χ4v) is 2.43. The molecule has 5 nitrogen and oxygen atoms in total. The zero-order chi connectivity index (χ0) is 17.5. The zero-order valence-corrected chi connectivity index (χ0v) is 15.0. The van der Waals surface area contributed by atoms with Crippen molar-refractivity contribution < 1.29 is 23.8 Å². The van der Waals surface area contributed by atoms with E-state index < -0.39 is 5.97 Å². The fourth-order valence-electron chi connectivity index (χ4n) is 2.03. The lowest BCUT2D eigenvalue weighted by Gasteiger charge is -2.10. The molecule has 0 saturated heterocycles. The average molecular weight is 393 g/mol. The lowest BCUT2D eigenvalue weighted by atomic mass is 10.1. The molecule has 126 valence electrons. The molecule has 0 amide bonds. The van der Waals surface area contributed by atoms with Crippen LogP contribution < -0.4 is 9.47 Å². The second-order valence-corrected chi connectivity index (χ2v) is 5.72. The Morgan fingerprint density at radius 3 is 2.50 bits per heavy atom. The van der Waals surface area contributed by atoms with E-state index in [-0.39, 0.29) is 18.0 Å². The van der Waals surface area contributed by atoms with Gasteiger partial charge in [0.05, 0.1) is 19.3 Å². The van der Waals surface area contributed by atoms with Crippen LogP contribution in [0.1, 0.15) is 27.6 Å². The van der Waals surface area contributed by atoms with Crippen LogP contribution in [-0.4, -0.2) is 32.1 Å². The van der Waals surface area contributed by atoms with Crippen molar-refractivity contribution >= 4 is 27.7 Å². The van der Waals surface area contributed by atoms with Gasteiger partial charge in [0, 0.05) is 10.0 Å². The van der Waals surface area contributed by atoms with Gasteiger partial charge in [0.2, 0.25) is 0 Å². The van der Waals surface area contributed by atoms with Gasteiger partial charge in [-0.05, 0) is 37.3 Å². The Balaban J connectivity index is 2.03. The second-order valence-electron chi connectivity index (χ2n) is 4.81. The van der Waals surface area contributed by atoms with Crippen LogP contribution >= 0.6 is 15.9 Å². The third kappa shape index (κ3) is 4.58. The summed E-state index contributed by atoms with van der Waals surface area (Å²) in [5.74, 6) is 0.105. The number of halogens is 1. The molecule has 0 aliphatic rings. The van der Waals surface area contributed by atoms with Crippen molar-refractivity contribution in [3.05, 3.63) is 58.1 Å². The molecule has 6 heteroatoms. The molecule has 0 heterocycles. The van der Waals surface area contributed by atoms with Crippen LogP contribution in [0.2, 0.25) is 0 Å². The lowest BCUT2D eigenvalue weighted by Crippen LogP contribution is -2.14. The van der Waals surface area contributed by atoms with Gasteiger partial charge in [0.25, 0.3) is 0 Å². The van der Waals surface area contributed by atoms with Gasteiger partial charge in [0.1, 0.15) is 0 Å². The molecule has 0 fully saturated rings. The monoisotopic (exact) mass is 392 g/mol. The smallest absolute Gasteiger partial charge is 0.338 e. The van der Waals surface area contributed by atoms with Crippen molar-refractivity contribution in [1.82, 2.24) is 0 Å². The number of carbonyl (C=O) groups is 2. The van der Waals surface area contributed by atoms with Gasteiger partial charge in [-0.15, -0.1) is 0 Å². The summed E-state index contributed by atoms with van der Waals surface area (Å²) in [7, 11) is 1.49. The van der Waals surface area contributed by atoms with Crippen LogP contribution in [0.25, 0.3) is 0 Å². The van der Waals surface area contributed by atoms with Crippen LogP contribution in [0.5, 0.6) is 11.5 Å². The SMILES string of the molecule is CCOc1ccc(C(=O)OCC(=O)c2cccc(Br)c2)cc1OC. The topological polar surface area (TPSA) is 61.8 Å². The number of methoxy groups -OCH3 is 1. The standard InChI is InChI=1S/C18H17BrO5/c1-3-23-16-8-7-13(10-17(16)22-2)18(21)24-11-15(20)12-5-4-6-14(19)9-12/h4-10H,3,11H2,1-2H3. The van der Waals surface area contributed by atoms with Gasteiger partial charge in [-0.1, -0.05) is 28.1 Å². The molecule has 0 radical (unpaired) electrons. The van der Waals surface area contributed by atoms with Gasteiger partial charge in [0.15, 0.2) is 23.9 Å². The molecular weight excluding hydrogens is 376 g/mol. The number of Topliss-reactive ketones (excluding diaryl/α,β-unsaturated/α-hetero) is 1. The Bertz CT molecular complexity index is 742. The summed E-state index contributed by atoms with van der Waals surface area (Å²) in [4.78, 5) is 24.2. The summed E-state index contributed by atoms with van der Waals surface area (Å²) in [6, 6.07) is 11.6. The van der Waals surface area contributed by atoms with Crippen LogP contribution in [0.3, 0.4) is 0 Å². The molecule has 2 rings (SSSR count). The number of benzene rings is 2. The van der Waals surface area contributed by atoms with Gasteiger partial charge >= 0.3 is 5.97 Å². The molecule has 0 aliphatic heterocycles.